The van der Waals surface area contributed by atoms with Crippen LogP contribution in [-0.2, 0) is 14.3 Å². The summed E-state index contributed by atoms with van der Waals surface area (Å²) in [6, 6.07) is 0. The van der Waals surface area contributed by atoms with Crippen LogP contribution in [0.3, 0.4) is 0 Å². The van der Waals surface area contributed by atoms with Crippen LogP contribution in [0.25, 0.3) is 0 Å². The minimum atomic E-state index is -0.246. The molecule has 0 radical (unpaired) electrons. The van der Waals surface area contributed by atoms with Crippen LogP contribution in [0.5, 0.6) is 0 Å². The number of rotatable bonds is 4. The lowest BCUT2D eigenvalue weighted by Crippen LogP contribution is -2.48. The Hall–Kier alpha value is -1.06. The van der Waals surface area contributed by atoms with Gasteiger partial charge in [-0.05, 0) is 25.7 Å². The van der Waals surface area contributed by atoms with E-state index in [1.807, 2.05) is 11.8 Å². The molecule has 4 heteroatoms. The number of hydrogen-bond donors (Lipinski definition) is 0. The van der Waals surface area contributed by atoms with Gasteiger partial charge < -0.3 is 9.64 Å². The van der Waals surface area contributed by atoms with E-state index in [1.54, 1.807) is 0 Å². The smallest absolute Gasteiger partial charge is 0.302 e. The van der Waals surface area contributed by atoms with Gasteiger partial charge in [0.25, 0.3) is 0 Å². The highest BCUT2D eigenvalue weighted by Crippen LogP contribution is 2.48. The number of esters is 1. The molecule has 0 aromatic rings. The third-order valence-corrected chi connectivity index (χ3v) is 3.65. The summed E-state index contributed by atoms with van der Waals surface area (Å²) in [6.07, 6.45) is 4.21. The number of likely N-dealkylation sites (tertiary alicyclic amines) is 1. The molecule has 2 rings (SSSR count). The molecule has 0 bridgehead atoms. The van der Waals surface area contributed by atoms with Gasteiger partial charge >= 0.3 is 5.97 Å². The average Bonchev–Trinajstić information content (AvgIpc) is 2.92. The van der Waals surface area contributed by atoms with Crippen molar-refractivity contribution in [1.82, 2.24) is 4.90 Å². The molecule has 0 aromatic carbocycles. The normalized spacial score (nSPS) is 24.4. The van der Waals surface area contributed by atoms with Gasteiger partial charge in [0.15, 0.2) is 0 Å². The molecule has 1 saturated heterocycles. The van der Waals surface area contributed by atoms with E-state index in [9.17, 15) is 9.59 Å². The van der Waals surface area contributed by atoms with Gasteiger partial charge in [-0.2, -0.15) is 0 Å². The molecule has 1 unspecified atom stereocenters. The SMILES string of the molecule is CCC(OC(C)=O)C1(N2CCCC2=O)CC1. The monoisotopic (exact) mass is 225 g/mol. The fourth-order valence-corrected chi connectivity index (χ4v) is 2.79. The minimum absolute atomic E-state index is 0.118. The zero-order valence-corrected chi connectivity index (χ0v) is 9.99. The summed E-state index contributed by atoms with van der Waals surface area (Å²) in [6.45, 7) is 4.27. The first-order chi connectivity index (χ1) is 7.60. The van der Waals surface area contributed by atoms with E-state index in [1.165, 1.54) is 6.92 Å². The maximum absolute atomic E-state index is 11.8. The molecule has 1 aliphatic carbocycles. The molecule has 4 nitrogen and oxygen atoms in total. The van der Waals surface area contributed by atoms with Crippen molar-refractivity contribution in [3.05, 3.63) is 0 Å². The first-order valence-corrected chi connectivity index (χ1v) is 6.08. The molecule has 2 aliphatic rings. The standard InChI is InChI=1S/C12H19NO3/c1-3-10(16-9(2)14)12(6-7-12)13-8-4-5-11(13)15/h10H,3-8H2,1-2H3. The van der Waals surface area contributed by atoms with Crippen LogP contribution in [0, 0.1) is 0 Å². The Bertz CT molecular complexity index is 309. The first-order valence-electron chi connectivity index (χ1n) is 6.08. The first kappa shape index (κ1) is 11.4. The largest absolute Gasteiger partial charge is 0.460 e. The quantitative estimate of drug-likeness (QED) is 0.681. The Morgan fingerprint density at radius 2 is 2.25 bits per heavy atom. The van der Waals surface area contributed by atoms with E-state index >= 15 is 0 Å². The molecule has 0 N–H and O–H groups in total. The molecule has 2 fully saturated rings. The number of hydrogen-bond acceptors (Lipinski definition) is 3. The third-order valence-electron chi connectivity index (χ3n) is 3.65. The van der Waals surface area contributed by atoms with E-state index < -0.39 is 0 Å². The lowest BCUT2D eigenvalue weighted by molar-refractivity contribution is -0.154. The summed E-state index contributed by atoms with van der Waals surface area (Å²) in [7, 11) is 0. The fraction of sp³-hybridized carbons (Fsp3) is 0.833. The lowest BCUT2D eigenvalue weighted by atomic mass is 10.0. The molecule has 0 spiro atoms. The van der Waals surface area contributed by atoms with Crippen LogP contribution in [0.1, 0.15) is 46.0 Å². The van der Waals surface area contributed by atoms with Crippen LogP contribution in [-0.4, -0.2) is 35.0 Å². The van der Waals surface area contributed by atoms with Gasteiger partial charge in [-0.1, -0.05) is 6.92 Å². The van der Waals surface area contributed by atoms with Gasteiger partial charge in [-0.25, -0.2) is 0 Å². The van der Waals surface area contributed by atoms with Crippen molar-refractivity contribution < 1.29 is 14.3 Å². The number of nitrogens with zero attached hydrogens (tertiary/aromatic N) is 1. The minimum Gasteiger partial charge on any atom is -0.460 e. The van der Waals surface area contributed by atoms with Crippen molar-refractivity contribution in [1.29, 1.82) is 0 Å². The van der Waals surface area contributed by atoms with E-state index in [0.29, 0.717) is 6.42 Å². The molecule has 1 heterocycles. The predicted molar refractivity (Wildman–Crippen MR) is 58.8 cm³/mol. The van der Waals surface area contributed by atoms with Crippen LogP contribution in [0.2, 0.25) is 0 Å². The van der Waals surface area contributed by atoms with Crippen molar-refractivity contribution in [3.8, 4) is 0 Å². The Balaban J connectivity index is 2.10. The van der Waals surface area contributed by atoms with Crippen molar-refractivity contribution in [2.24, 2.45) is 0 Å². The highest BCUT2D eigenvalue weighted by Gasteiger charge is 2.57. The number of carbonyl (C=O) groups is 2. The molecule has 16 heavy (non-hydrogen) atoms. The second-order valence-corrected chi connectivity index (χ2v) is 4.76. The fourth-order valence-electron chi connectivity index (χ4n) is 2.79. The van der Waals surface area contributed by atoms with Crippen molar-refractivity contribution in [2.45, 2.75) is 57.6 Å². The van der Waals surface area contributed by atoms with E-state index in [4.69, 9.17) is 4.74 Å². The van der Waals surface area contributed by atoms with Crippen LogP contribution >= 0.6 is 0 Å². The molecule has 1 aliphatic heterocycles. The van der Waals surface area contributed by atoms with Gasteiger partial charge in [0.05, 0.1) is 5.54 Å². The number of amides is 1. The van der Waals surface area contributed by atoms with Gasteiger partial charge in [0.1, 0.15) is 6.10 Å². The van der Waals surface area contributed by atoms with E-state index in [0.717, 1.165) is 32.2 Å². The molecule has 1 amide bonds. The summed E-state index contributed by atoms with van der Waals surface area (Å²) in [5.74, 6) is -0.0205. The summed E-state index contributed by atoms with van der Waals surface area (Å²) in [4.78, 5) is 24.8. The summed E-state index contributed by atoms with van der Waals surface area (Å²) in [5, 5.41) is 0. The summed E-state index contributed by atoms with van der Waals surface area (Å²) >= 11 is 0. The highest BCUT2D eigenvalue weighted by molar-refractivity contribution is 5.79. The van der Waals surface area contributed by atoms with Gasteiger partial charge in [0.2, 0.25) is 5.91 Å². The van der Waals surface area contributed by atoms with E-state index in [2.05, 4.69) is 0 Å². The Labute approximate surface area is 95.9 Å². The molecule has 90 valence electrons. The summed E-state index contributed by atoms with van der Waals surface area (Å²) in [5.41, 5.74) is -0.159. The van der Waals surface area contributed by atoms with Crippen molar-refractivity contribution in [2.75, 3.05) is 6.54 Å². The Morgan fingerprint density at radius 1 is 1.56 bits per heavy atom. The topological polar surface area (TPSA) is 46.6 Å². The van der Waals surface area contributed by atoms with E-state index in [-0.39, 0.29) is 23.5 Å². The molecule has 1 saturated carbocycles. The van der Waals surface area contributed by atoms with Crippen LogP contribution in [0.15, 0.2) is 0 Å². The van der Waals surface area contributed by atoms with Gasteiger partial charge in [-0.3, -0.25) is 9.59 Å². The Morgan fingerprint density at radius 3 is 2.62 bits per heavy atom. The molecular formula is C12H19NO3. The highest BCUT2D eigenvalue weighted by atomic mass is 16.5. The van der Waals surface area contributed by atoms with Crippen LogP contribution < -0.4 is 0 Å². The number of carbonyl (C=O) groups excluding carboxylic acids is 2. The zero-order valence-electron chi connectivity index (χ0n) is 9.99. The van der Waals surface area contributed by atoms with Crippen molar-refractivity contribution in [3.63, 3.8) is 0 Å². The maximum atomic E-state index is 11.8. The number of ether oxygens (including phenoxy) is 1. The second-order valence-electron chi connectivity index (χ2n) is 4.76. The maximum Gasteiger partial charge on any atom is 0.302 e. The van der Waals surface area contributed by atoms with Gasteiger partial charge in [-0.15, -0.1) is 0 Å². The summed E-state index contributed by atoms with van der Waals surface area (Å²) < 4.78 is 5.35. The Kier molecular flexibility index (Phi) is 2.91. The average molecular weight is 225 g/mol. The zero-order chi connectivity index (χ0) is 11.8. The van der Waals surface area contributed by atoms with Crippen molar-refractivity contribution >= 4 is 11.9 Å². The van der Waals surface area contributed by atoms with Crippen LogP contribution in [0.4, 0.5) is 0 Å². The third kappa shape index (κ3) is 1.81. The molecule has 1 atom stereocenters. The predicted octanol–water partition coefficient (Wildman–Crippen LogP) is 1.48. The molecule has 0 aromatic heterocycles. The second kappa shape index (κ2) is 4.07. The lowest BCUT2D eigenvalue weighted by Gasteiger charge is -2.34. The van der Waals surface area contributed by atoms with Gasteiger partial charge in [0, 0.05) is 19.9 Å². The molecular weight excluding hydrogens is 206 g/mol.